The molecule has 0 spiro atoms. The summed E-state index contributed by atoms with van der Waals surface area (Å²) in [6.45, 7) is 2.19. The second-order valence-electron chi connectivity index (χ2n) is 3.98. The third-order valence-corrected chi connectivity index (χ3v) is 2.55. The zero-order chi connectivity index (χ0) is 13.8. The molecule has 2 rings (SSSR count). The lowest BCUT2D eigenvalue weighted by Gasteiger charge is -2.10. The van der Waals surface area contributed by atoms with Gasteiger partial charge in [0.2, 0.25) is 5.89 Å². The second-order valence-corrected chi connectivity index (χ2v) is 3.98. The van der Waals surface area contributed by atoms with E-state index in [1.54, 1.807) is 6.92 Å². The zero-order valence-electron chi connectivity index (χ0n) is 10.7. The number of hydrogen-bond acceptors (Lipinski definition) is 6. The number of halogens is 1. The molecule has 0 bridgehead atoms. The van der Waals surface area contributed by atoms with Crippen molar-refractivity contribution in [3.8, 4) is 5.75 Å². The first kappa shape index (κ1) is 13.1. The predicted octanol–water partition coefficient (Wildman–Crippen LogP) is 1.76. The number of nitrogens with zero attached hydrogens (tertiary/aromatic N) is 2. The van der Waals surface area contributed by atoms with E-state index in [2.05, 4.69) is 15.5 Å². The van der Waals surface area contributed by atoms with Crippen LogP contribution in [-0.2, 0) is 6.42 Å². The number of nitrogens with two attached hydrogens (primary N) is 1. The number of aromatic nitrogens is 2. The molecule has 0 unspecified atom stereocenters. The van der Waals surface area contributed by atoms with Crippen LogP contribution in [0.25, 0.3) is 0 Å². The lowest BCUT2D eigenvalue weighted by atomic mass is 10.2. The van der Waals surface area contributed by atoms with E-state index in [9.17, 15) is 4.39 Å². The molecule has 19 heavy (non-hydrogen) atoms. The Balaban J connectivity index is 1.99. The van der Waals surface area contributed by atoms with Crippen LogP contribution in [0.5, 0.6) is 5.75 Å². The van der Waals surface area contributed by atoms with Crippen LogP contribution >= 0.6 is 0 Å². The molecule has 1 aromatic heterocycles. The number of benzene rings is 1. The molecule has 1 aromatic carbocycles. The van der Waals surface area contributed by atoms with Crippen LogP contribution < -0.4 is 15.8 Å². The van der Waals surface area contributed by atoms with Gasteiger partial charge in [0, 0.05) is 32.0 Å². The minimum absolute atomic E-state index is 0.263. The second kappa shape index (κ2) is 5.55. The first-order valence-corrected chi connectivity index (χ1v) is 5.76. The van der Waals surface area contributed by atoms with Gasteiger partial charge in [-0.05, 0) is 0 Å². The highest BCUT2D eigenvalue weighted by molar-refractivity contribution is 5.62. The Hall–Kier alpha value is -2.31. The highest BCUT2D eigenvalue weighted by Gasteiger charge is 2.08. The fraction of sp³-hybridized carbons (Fsp3) is 0.333. The van der Waals surface area contributed by atoms with Crippen LogP contribution in [0.4, 0.5) is 15.8 Å². The third kappa shape index (κ3) is 3.12. The molecular formula is C12H15FN4O2. The molecular weight excluding hydrogens is 251 g/mol. The SMILES string of the molecule is COc1cc(NCCc2noc(C)n2)c(F)cc1N. The van der Waals surface area contributed by atoms with E-state index in [0.717, 1.165) is 0 Å². The zero-order valence-corrected chi connectivity index (χ0v) is 10.7. The van der Waals surface area contributed by atoms with Gasteiger partial charge in [-0.25, -0.2) is 4.39 Å². The number of rotatable bonds is 5. The number of nitrogens with one attached hydrogen (secondary N) is 1. The van der Waals surface area contributed by atoms with Gasteiger partial charge >= 0.3 is 0 Å². The monoisotopic (exact) mass is 266 g/mol. The highest BCUT2D eigenvalue weighted by Crippen LogP contribution is 2.28. The number of anilines is 2. The van der Waals surface area contributed by atoms with Crippen LogP contribution in [-0.4, -0.2) is 23.8 Å². The van der Waals surface area contributed by atoms with Gasteiger partial charge in [-0.1, -0.05) is 5.16 Å². The van der Waals surface area contributed by atoms with E-state index >= 15 is 0 Å². The van der Waals surface area contributed by atoms with Gasteiger partial charge in [0.1, 0.15) is 11.6 Å². The van der Waals surface area contributed by atoms with Crippen molar-refractivity contribution in [3.05, 3.63) is 29.7 Å². The highest BCUT2D eigenvalue weighted by atomic mass is 19.1. The Morgan fingerprint density at radius 1 is 1.47 bits per heavy atom. The molecule has 0 amide bonds. The molecule has 0 saturated carbocycles. The van der Waals surface area contributed by atoms with Crippen LogP contribution in [0.2, 0.25) is 0 Å². The van der Waals surface area contributed by atoms with Crippen LogP contribution in [0.1, 0.15) is 11.7 Å². The molecule has 0 saturated heterocycles. The number of nitrogen functional groups attached to an aromatic ring is 1. The van der Waals surface area contributed by atoms with Gasteiger partial charge in [0.15, 0.2) is 5.82 Å². The Morgan fingerprint density at radius 3 is 2.89 bits per heavy atom. The van der Waals surface area contributed by atoms with Gasteiger partial charge < -0.3 is 20.3 Å². The summed E-state index contributed by atoms with van der Waals surface area (Å²) in [5.74, 6) is 1.09. The minimum Gasteiger partial charge on any atom is -0.495 e. The summed E-state index contributed by atoms with van der Waals surface area (Å²) < 4.78 is 23.5. The lowest BCUT2D eigenvalue weighted by Crippen LogP contribution is -2.08. The van der Waals surface area contributed by atoms with Crippen molar-refractivity contribution in [3.63, 3.8) is 0 Å². The summed E-state index contributed by atoms with van der Waals surface area (Å²) in [7, 11) is 1.48. The normalized spacial score (nSPS) is 10.5. The van der Waals surface area contributed by atoms with E-state index < -0.39 is 5.82 Å². The maximum Gasteiger partial charge on any atom is 0.223 e. The van der Waals surface area contributed by atoms with Crippen LogP contribution in [0.15, 0.2) is 16.7 Å². The fourth-order valence-corrected chi connectivity index (χ4v) is 1.63. The van der Waals surface area contributed by atoms with Crippen molar-refractivity contribution in [2.45, 2.75) is 13.3 Å². The summed E-state index contributed by atoms with van der Waals surface area (Å²) >= 11 is 0. The van der Waals surface area contributed by atoms with E-state index in [1.165, 1.54) is 19.2 Å². The third-order valence-electron chi connectivity index (χ3n) is 2.55. The van der Waals surface area contributed by atoms with Crippen molar-refractivity contribution in [2.75, 3.05) is 24.7 Å². The Kier molecular flexibility index (Phi) is 3.84. The van der Waals surface area contributed by atoms with Gasteiger partial charge in [0.25, 0.3) is 0 Å². The quantitative estimate of drug-likeness (QED) is 0.802. The van der Waals surface area contributed by atoms with Crippen molar-refractivity contribution in [2.24, 2.45) is 0 Å². The average Bonchev–Trinajstić information content (AvgIpc) is 2.78. The summed E-state index contributed by atoms with van der Waals surface area (Å²) in [6, 6.07) is 2.74. The van der Waals surface area contributed by atoms with Crippen molar-refractivity contribution in [1.82, 2.24) is 10.1 Å². The molecule has 102 valence electrons. The largest absolute Gasteiger partial charge is 0.495 e. The maximum atomic E-state index is 13.6. The number of methoxy groups -OCH3 is 1. The first-order valence-electron chi connectivity index (χ1n) is 5.76. The topological polar surface area (TPSA) is 86.2 Å². The van der Waals surface area contributed by atoms with Crippen molar-refractivity contribution < 1.29 is 13.7 Å². The lowest BCUT2D eigenvalue weighted by molar-refractivity contribution is 0.387. The summed E-state index contributed by atoms with van der Waals surface area (Å²) in [4.78, 5) is 4.06. The smallest absolute Gasteiger partial charge is 0.223 e. The average molecular weight is 266 g/mol. The van der Waals surface area contributed by atoms with E-state index in [4.69, 9.17) is 15.0 Å². The summed E-state index contributed by atoms with van der Waals surface area (Å²) in [6.07, 6.45) is 0.531. The number of hydrogen-bond donors (Lipinski definition) is 2. The van der Waals surface area contributed by atoms with Gasteiger partial charge in [-0.15, -0.1) is 0 Å². The molecule has 0 fully saturated rings. The number of ether oxygens (including phenoxy) is 1. The standard InChI is InChI=1S/C12H15FN4O2/c1-7-16-12(17-19-7)3-4-15-10-6-11(18-2)9(14)5-8(10)13/h5-6,15H,3-4,14H2,1-2H3. The molecule has 1 heterocycles. The Morgan fingerprint density at radius 2 is 2.26 bits per heavy atom. The van der Waals surface area contributed by atoms with E-state index in [1.807, 2.05) is 0 Å². The van der Waals surface area contributed by atoms with Crippen LogP contribution in [0, 0.1) is 12.7 Å². The van der Waals surface area contributed by atoms with E-state index in [-0.39, 0.29) is 5.69 Å². The molecule has 6 nitrogen and oxygen atoms in total. The Labute approximate surface area is 109 Å². The van der Waals surface area contributed by atoms with Gasteiger partial charge in [-0.3, -0.25) is 0 Å². The summed E-state index contributed by atoms with van der Waals surface area (Å²) in [5.41, 5.74) is 6.19. The molecule has 0 aliphatic rings. The number of aryl methyl sites for hydroxylation is 1. The van der Waals surface area contributed by atoms with Gasteiger partial charge in [-0.2, -0.15) is 4.98 Å². The molecule has 0 aliphatic carbocycles. The molecule has 0 atom stereocenters. The fourth-order valence-electron chi connectivity index (χ4n) is 1.63. The van der Waals surface area contributed by atoms with Crippen LogP contribution in [0.3, 0.4) is 0 Å². The predicted molar refractivity (Wildman–Crippen MR) is 68.6 cm³/mol. The van der Waals surface area contributed by atoms with Gasteiger partial charge in [0.05, 0.1) is 18.5 Å². The Bertz CT molecular complexity index is 571. The summed E-state index contributed by atoms with van der Waals surface area (Å²) in [5, 5.41) is 6.69. The minimum atomic E-state index is -0.428. The molecule has 3 N–H and O–H groups in total. The molecule has 0 aliphatic heterocycles. The van der Waals surface area contributed by atoms with E-state index in [0.29, 0.717) is 36.1 Å². The molecule has 7 heteroatoms. The molecule has 0 radical (unpaired) electrons. The molecule has 2 aromatic rings. The maximum absolute atomic E-state index is 13.6. The first-order chi connectivity index (χ1) is 9.10. The van der Waals surface area contributed by atoms with Crippen molar-refractivity contribution >= 4 is 11.4 Å². The van der Waals surface area contributed by atoms with Crippen molar-refractivity contribution in [1.29, 1.82) is 0 Å².